The molecule has 29 heavy (non-hydrogen) atoms. The zero-order valence-electron chi connectivity index (χ0n) is 16.0. The molecule has 1 amide bonds. The Kier molecular flexibility index (Phi) is 4.88. The molecule has 146 valence electrons. The normalized spacial score (nSPS) is 11.1. The fourth-order valence-electron chi connectivity index (χ4n) is 3.06. The Labute approximate surface area is 167 Å². The molecule has 0 saturated carbocycles. The summed E-state index contributed by atoms with van der Waals surface area (Å²) in [5.41, 5.74) is 10.0. The van der Waals surface area contributed by atoms with Gasteiger partial charge in [-0.05, 0) is 43.4 Å². The highest BCUT2D eigenvalue weighted by molar-refractivity contribution is 6.11. The zero-order valence-corrected chi connectivity index (χ0v) is 16.0. The minimum atomic E-state index is -0.360. The molecule has 9 heteroatoms. The highest BCUT2D eigenvalue weighted by Gasteiger charge is 2.16. The predicted octanol–water partition coefficient (Wildman–Crippen LogP) is 2.31. The van der Waals surface area contributed by atoms with Crippen LogP contribution in [-0.4, -0.2) is 50.1 Å². The van der Waals surface area contributed by atoms with E-state index in [9.17, 15) is 4.79 Å². The third kappa shape index (κ3) is 4.04. The van der Waals surface area contributed by atoms with Gasteiger partial charge in [-0.2, -0.15) is 5.10 Å². The van der Waals surface area contributed by atoms with Crippen LogP contribution in [0.25, 0.3) is 22.0 Å². The van der Waals surface area contributed by atoms with Crippen LogP contribution in [0, 0.1) is 0 Å². The smallest absolute Gasteiger partial charge is 0.276 e. The number of anilines is 2. The van der Waals surface area contributed by atoms with E-state index >= 15 is 0 Å². The second-order valence-corrected chi connectivity index (χ2v) is 6.94. The van der Waals surface area contributed by atoms with E-state index in [4.69, 9.17) is 5.73 Å². The van der Waals surface area contributed by atoms with Crippen LogP contribution in [0.15, 0.2) is 49.1 Å². The van der Waals surface area contributed by atoms with Crippen molar-refractivity contribution in [2.45, 2.75) is 6.54 Å². The third-order valence-electron chi connectivity index (χ3n) is 4.33. The number of nitrogen functional groups attached to an aromatic ring is 1. The lowest BCUT2D eigenvalue weighted by molar-refractivity contribution is 0.102. The van der Waals surface area contributed by atoms with E-state index in [0.717, 1.165) is 34.1 Å². The number of H-pyrrole nitrogens is 1. The van der Waals surface area contributed by atoms with Crippen molar-refractivity contribution < 1.29 is 4.79 Å². The Balaban J connectivity index is 1.66. The van der Waals surface area contributed by atoms with Crippen molar-refractivity contribution in [2.75, 3.05) is 25.1 Å². The van der Waals surface area contributed by atoms with Crippen molar-refractivity contribution in [3.8, 4) is 11.1 Å². The number of pyridine rings is 1. The number of amides is 1. The molecule has 3 heterocycles. The number of carbonyl (C=O) groups excluding carboxylic acids is 1. The Morgan fingerprint density at radius 1 is 1.10 bits per heavy atom. The molecule has 4 N–H and O–H groups in total. The van der Waals surface area contributed by atoms with Crippen LogP contribution in [0.2, 0.25) is 0 Å². The predicted molar refractivity (Wildman–Crippen MR) is 111 cm³/mol. The van der Waals surface area contributed by atoms with Crippen LogP contribution in [0.4, 0.5) is 11.6 Å². The van der Waals surface area contributed by atoms with Gasteiger partial charge in [0, 0.05) is 29.9 Å². The lowest BCUT2D eigenvalue weighted by atomic mass is 10.0. The zero-order chi connectivity index (χ0) is 20.4. The number of hydrogen-bond acceptors (Lipinski definition) is 7. The van der Waals surface area contributed by atoms with Crippen molar-refractivity contribution in [1.29, 1.82) is 0 Å². The van der Waals surface area contributed by atoms with E-state index < -0.39 is 0 Å². The minimum Gasteiger partial charge on any atom is -0.368 e. The van der Waals surface area contributed by atoms with E-state index in [-0.39, 0.29) is 17.5 Å². The average molecular weight is 388 g/mol. The molecule has 0 spiro atoms. The molecule has 0 radical (unpaired) electrons. The number of nitrogens with two attached hydrogens (primary N) is 1. The van der Waals surface area contributed by atoms with Gasteiger partial charge in [0.1, 0.15) is 0 Å². The number of aromatic nitrogens is 5. The largest absolute Gasteiger partial charge is 0.368 e. The van der Waals surface area contributed by atoms with Gasteiger partial charge in [-0.25, -0.2) is 9.97 Å². The number of fused-ring (bicyclic) bond motifs is 1. The Morgan fingerprint density at radius 2 is 1.90 bits per heavy atom. The molecule has 3 aromatic heterocycles. The van der Waals surface area contributed by atoms with Gasteiger partial charge in [0.15, 0.2) is 5.69 Å². The van der Waals surface area contributed by atoms with Crippen LogP contribution in [-0.2, 0) is 6.54 Å². The molecule has 0 fully saturated rings. The first-order chi connectivity index (χ1) is 14.0. The summed E-state index contributed by atoms with van der Waals surface area (Å²) in [6.45, 7) is 0.798. The maximum atomic E-state index is 12.7. The van der Waals surface area contributed by atoms with Crippen molar-refractivity contribution in [3.63, 3.8) is 0 Å². The van der Waals surface area contributed by atoms with Gasteiger partial charge in [0.05, 0.1) is 23.6 Å². The van der Waals surface area contributed by atoms with Gasteiger partial charge in [0.2, 0.25) is 5.95 Å². The molecule has 0 aliphatic heterocycles. The Hall–Kier alpha value is -3.85. The number of nitrogens with zero attached hydrogens (tertiary/aromatic N) is 5. The maximum absolute atomic E-state index is 12.7. The van der Waals surface area contributed by atoms with E-state index in [2.05, 4.69) is 41.4 Å². The van der Waals surface area contributed by atoms with Crippen molar-refractivity contribution >= 4 is 28.4 Å². The number of hydrogen-bond donors (Lipinski definition) is 3. The molecule has 0 atom stereocenters. The van der Waals surface area contributed by atoms with Crippen LogP contribution in [0.3, 0.4) is 0 Å². The maximum Gasteiger partial charge on any atom is 0.276 e. The van der Waals surface area contributed by atoms with E-state index in [1.807, 2.05) is 44.7 Å². The fraction of sp³-hybridized carbons (Fsp3) is 0.150. The molecule has 0 saturated heterocycles. The van der Waals surface area contributed by atoms with Gasteiger partial charge >= 0.3 is 0 Å². The topological polar surface area (TPSA) is 126 Å². The minimum absolute atomic E-state index is 0.142. The number of rotatable bonds is 5. The first-order valence-corrected chi connectivity index (χ1v) is 8.95. The van der Waals surface area contributed by atoms with Crippen LogP contribution >= 0.6 is 0 Å². The summed E-state index contributed by atoms with van der Waals surface area (Å²) in [6.07, 6.45) is 6.56. The molecule has 9 nitrogen and oxygen atoms in total. The Morgan fingerprint density at radius 3 is 2.66 bits per heavy atom. The summed E-state index contributed by atoms with van der Waals surface area (Å²) in [4.78, 5) is 26.9. The number of aromatic amines is 1. The number of nitrogens with one attached hydrogen (secondary N) is 2. The molecule has 0 aliphatic carbocycles. The summed E-state index contributed by atoms with van der Waals surface area (Å²) in [5.74, 6) is -0.218. The molecule has 4 rings (SSSR count). The highest BCUT2D eigenvalue weighted by atomic mass is 16.1. The molecular formula is C20H20N8O. The molecular weight excluding hydrogens is 368 g/mol. The summed E-state index contributed by atoms with van der Waals surface area (Å²) >= 11 is 0. The number of carbonyl (C=O) groups is 1. The molecule has 0 bridgehead atoms. The van der Waals surface area contributed by atoms with E-state index in [1.165, 1.54) is 12.4 Å². The second-order valence-electron chi connectivity index (χ2n) is 6.94. The second kappa shape index (κ2) is 7.64. The molecule has 4 aromatic rings. The van der Waals surface area contributed by atoms with E-state index in [0.29, 0.717) is 5.69 Å². The lowest BCUT2D eigenvalue weighted by Crippen LogP contribution is -2.13. The van der Waals surface area contributed by atoms with Gasteiger partial charge in [-0.3, -0.25) is 14.9 Å². The van der Waals surface area contributed by atoms with E-state index in [1.54, 1.807) is 0 Å². The highest BCUT2D eigenvalue weighted by Crippen LogP contribution is 2.26. The third-order valence-corrected chi connectivity index (χ3v) is 4.33. The first-order valence-electron chi connectivity index (χ1n) is 8.95. The Bertz CT molecular complexity index is 1170. The monoisotopic (exact) mass is 388 g/mol. The SMILES string of the molecule is CN(C)Cc1cncc(-c2ccc3[nH]nc(C(=O)Nc4cnc(N)nc4)c3c2)c1. The lowest BCUT2D eigenvalue weighted by Gasteiger charge is -2.10. The number of benzene rings is 1. The summed E-state index contributed by atoms with van der Waals surface area (Å²) in [6, 6.07) is 7.91. The molecule has 0 aliphatic rings. The average Bonchev–Trinajstić information content (AvgIpc) is 3.13. The summed E-state index contributed by atoms with van der Waals surface area (Å²) in [7, 11) is 4.03. The fourth-order valence-corrected chi connectivity index (χ4v) is 3.06. The van der Waals surface area contributed by atoms with Crippen LogP contribution in [0.5, 0.6) is 0 Å². The van der Waals surface area contributed by atoms with Crippen molar-refractivity contribution in [3.05, 3.63) is 60.3 Å². The summed E-state index contributed by atoms with van der Waals surface area (Å²) in [5, 5.41) is 10.5. The quantitative estimate of drug-likeness (QED) is 0.479. The first kappa shape index (κ1) is 18.5. The van der Waals surface area contributed by atoms with Crippen LogP contribution < -0.4 is 11.1 Å². The van der Waals surface area contributed by atoms with Crippen molar-refractivity contribution in [2.24, 2.45) is 0 Å². The standard InChI is InChI=1S/C20H20N8O/c1-28(2)11-12-5-14(8-22-7-12)13-3-4-17-16(6-13)18(27-26-17)19(29)25-15-9-23-20(21)24-10-15/h3-10H,11H2,1-2H3,(H,25,29)(H,26,27)(H2,21,23,24). The van der Waals surface area contributed by atoms with Gasteiger partial charge in [0.25, 0.3) is 5.91 Å². The van der Waals surface area contributed by atoms with Gasteiger partial charge < -0.3 is 16.0 Å². The van der Waals surface area contributed by atoms with Gasteiger partial charge in [-0.1, -0.05) is 6.07 Å². The van der Waals surface area contributed by atoms with Crippen molar-refractivity contribution in [1.82, 2.24) is 30.0 Å². The summed E-state index contributed by atoms with van der Waals surface area (Å²) < 4.78 is 0. The molecule has 1 aromatic carbocycles. The molecule has 0 unspecified atom stereocenters. The van der Waals surface area contributed by atoms with Gasteiger partial charge in [-0.15, -0.1) is 0 Å². The van der Waals surface area contributed by atoms with Crippen LogP contribution in [0.1, 0.15) is 16.1 Å².